The van der Waals surface area contributed by atoms with Crippen molar-refractivity contribution in [2.45, 2.75) is 161 Å². The minimum atomic E-state index is -4.63. The number of hydrogen-bond donors (Lipinski definition) is 3. The molecule has 310 valence electrons. The van der Waals surface area contributed by atoms with Gasteiger partial charge in [-0.1, -0.05) is 138 Å². The van der Waals surface area contributed by atoms with Crippen molar-refractivity contribution in [3.63, 3.8) is 0 Å². The number of carboxylic acids is 1. The van der Waals surface area contributed by atoms with Crippen LogP contribution in [0.25, 0.3) is 0 Å². The Morgan fingerprint density at radius 2 is 1.07 bits per heavy atom. The molecule has 0 amide bonds. The van der Waals surface area contributed by atoms with Gasteiger partial charge in [0.15, 0.2) is 0 Å². The van der Waals surface area contributed by atoms with Crippen LogP contribution in [-0.4, -0.2) is 60.5 Å². The smallest absolute Gasteiger partial charge is 0.472 e. The normalized spacial score (nSPS) is 14.7. The Balaban J connectivity index is 4.34. The number of unbranched alkanes of at least 4 members (excludes halogenated alkanes) is 12. The molecule has 0 heterocycles. The van der Waals surface area contributed by atoms with Crippen LogP contribution in [-0.2, 0) is 32.7 Å². The summed E-state index contributed by atoms with van der Waals surface area (Å²) >= 11 is 0. The lowest BCUT2D eigenvalue weighted by Gasteiger charge is -2.20. The fourth-order valence-corrected chi connectivity index (χ4v) is 5.80. The lowest BCUT2D eigenvalue weighted by Crippen LogP contribution is -2.34. The minimum absolute atomic E-state index is 0.00569. The molecule has 3 atom stereocenters. The number of hydrogen-bond acceptors (Lipinski definition) is 8. The SMILES string of the molecule is CC/C=C\C/C=C\C/C=C\C/C=C\CCCCCCCOCC(COP(=O)(O)OCC(N)C(=O)O)OC(=O)CCCCCCC/C=C\C/C=C\CCCC. The number of esters is 1. The summed E-state index contributed by atoms with van der Waals surface area (Å²) in [7, 11) is -4.63. The van der Waals surface area contributed by atoms with Crippen LogP contribution in [0.1, 0.15) is 149 Å². The van der Waals surface area contributed by atoms with Crippen LogP contribution < -0.4 is 5.73 Å². The lowest BCUT2D eigenvalue weighted by atomic mass is 10.1. The second-order valence-electron chi connectivity index (χ2n) is 13.4. The summed E-state index contributed by atoms with van der Waals surface area (Å²) in [5.41, 5.74) is 5.34. The van der Waals surface area contributed by atoms with Gasteiger partial charge in [0.05, 0.1) is 19.8 Å². The summed E-state index contributed by atoms with van der Waals surface area (Å²) < 4.78 is 33.3. The third-order valence-electron chi connectivity index (χ3n) is 8.22. The third-order valence-corrected chi connectivity index (χ3v) is 9.17. The van der Waals surface area contributed by atoms with Crippen molar-refractivity contribution in [3.8, 4) is 0 Å². The van der Waals surface area contributed by atoms with E-state index in [-0.39, 0.29) is 13.0 Å². The van der Waals surface area contributed by atoms with Crippen LogP contribution in [0.2, 0.25) is 0 Å². The van der Waals surface area contributed by atoms with Gasteiger partial charge in [-0.2, -0.15) is 0 Å². The molecule has 0 bridgehead atoms. The number of phosphoric ester groups is 1. The summed E-state index contributed by atoms with van der Waals surface area (Å²) in [5.74, 6) is -1.81. The summed E-state index contributed by atoms with van der Waals surface area (Å²) in [6, 6.07) is -1.48. The molecule has 4 N–H and O–H groups in total. The van der Waals surface area contributed by atoms with E-state index >= 15 is 0 Å². The molecule has 0 aromatic rings. The summed E-state index contributed by atoms with van der Waals surface area (Å²) in [6.45, 7) is 3.64. The predicted molar refractivity (Wildman–Crippen MR) is 221 cm³/mol. The van der Waals surface area contributed by atoms with Crippen LogP contribution in [0.15, 0.2) is 72.9 Å². The fourth-order valence-electron chi connectivity index (χ4n) is 5.02. The molecular formula is C43H74NO9P. The third kappa shape index (κ3) is 37.7. The van der Waals surface area contributed by atoms with Crippen molar-refractivity contribution in [1.29, 1.82) is 0 Å². The van der Waals surface area contributed by atoms with Crippen molar-refractivity contribution in [2.75, 3.05) is 26.4 Å². The summed E-state index contributed by atoms with van der Waals surface area (Å²) in [5, 5.41) is 8.88. The van der Waals surface area contributed by atoms with E-state index in [2.05, 4.69) is 86.8 Å². The number of rotatable bonds is 38. The molecule has 0 rings (SSSR count). The number of carbonyl (C=O) groups is 2. The zero-order chi connectivity index (χ0) is 39.8. The molecular weight excluding hydrogens is 705 g/mol. The van der Waals surface area contributed by atoms with Crippen LogP contribution >= 0.6 is 7.82 Å². The van der Waals surface area contributed by atoms with E-state index < -0.39 is 45.1 Å². The highest BCUT2D eigenvalue weighted by atomic mass is 31.2. The number of ether oxygens (including phenoxy) is 2. The van der Waals surface area contributed by atoms with Crippen LogP contribution in [0, 0.1) is 0 Å². The maximum Gasteiger partial charge on any atom is 0.472 e. The monoisotopic (exact) mass is 780 g/mol. The van der Waals surface area contributed by atoms with E-state index in [0.29, 0.717) is 13.0 Å². The maximum absolute atomic E-state index is 12.6. The number of carbonyl (C=O) groups excluding carboxylic acids is 1. The molecule has 0 saturated heterocycles. The minimum Gasteiger partial charge on any atom is -0.480 e. The van der Waals surface area contributed by atoms with Crippen LogP contribution in [0.5, 0.6) is 0 Å². The Morgan fingerprint density at radius 3 is 1.61 bits per heavy atom. The van der Waals surface area contributed by atoms with Gasteiger partial charge in [0.2, 0.25) is 0 Å². The molecule has 0 spiro atoms. The first kappa shape index (κ1) is 51.4. The molecule has 0 aliphatic heterocycles. The van der Waals surface area contributed by atoms with Crippen LogP contribution in [0.3, 0.4) is 0 Å². The molecule has 10 nitrogen and oxygen atoms in total. The van der Waals surface area contributed by atoms with Gasteiger partial charge >= 0.3 is 19.8 Å². The molecule has 0 fully saturated rings. The van der Waals surface area contributed by atoms with Crippen molar-refractivity contribution in [3.05, 3.63) is 72.9 Å². The molecule has 11 heteroatoms. The molecule has 0 saturated carbocycles. The van der Waals surface area contributed by atoms with Gasteiger partial charge in [-0.3, -0.25) is 18.6 Å². The first-order valence-electron chi connectivity index (χ1n) is 20.5. The highest BCUT2D eigenvalue weighted by Gasteiger charge is 2.27. The Labute approximate surface area is 327 Å². The zero-order valence-electron chi connectivity index (χ0n) is 33.5. The van der Waals surface area contributed by atoms with Crippen LogP contribution in [0.4, 0.5) is 0 Å². The van der Waals surface area contributed by atoms with Crippen molar-refractivity contribution in [2.24, 2.45) is 5.73 Å². The molecule has 0 radical (unpaired) electrons. The average Bonchev–Trinajstić information content (AvgIpc) is 3.15. The Kier molecular flexibility index (Phi) is 36.8. The molecule has 0 aromatic carbocycles. The average molecular weight is 780 g/mol. The van der Waals surface area contributed by atoms with Gasteiger partial charge in [0, 0.05) is 13.0 Å². The van der Waals surface area contributed by atoms with Gasteiger partial charge in [0.1, 0.15) is 12.1 Å². The molecule has 54 heavy (non-hydrogen) atoms. The first-order chi connectivity index (χ1) is 26.2. The fraction of sp³-hybridized carbons (Fsp3) is 0.674. The number of allylic oxidation sites excluding steroid dienone is 12. The van der Waals surface area contributed by atoms with Gasteiger partial charge in [-0.25, -0.2) is 4.57 Å². The van der Waals surface area contributed by atoms with Crippen molar-refractivity contribution >= 4 is 19.8 Å². The number of aliphatic carboxylic acids is 1. The van der Waals surface area contributed by atoms with Crippen molar-refractivity contribution in [1.82, 2.24) is 0 Å². The van der Waals surface area contributed by atoms with E-state index in [0.717, 1.165) is 109 Å². The topological polar surface area (TPSA) is 155 Å². The number of carboxylic acid groups (broad SMARTS) is 1. The number of phosphoric acid groups is 1. The van der Waals surface area contributed by atoms with Gasteiger partial charge in [-0.05, 0) is 77.0 Å². The Morgan fingerprint density at radius 1 is 0.611 bits per heavy atom. The molecule has 0 aliphatic carbocycles. The van der Waals surface area contributed by atoms with Gasteiger partial charge in [-0.15, -0.1) is 0 Å². The summed E-state index contributed by atoms with van der Waals surface area (Å²) in [4.78, 5) is 33.5. The van der Waals surface area contributed by atoms with E-state index in [4.69, 9.17) is 29.4 Å². The first-order valence-corrected chi connectivity index (χ1v) is 22.0. The van der Waals surface area contributed by atoms with E-state index in [1.807, 2.05) is 0 Å². The lowest BCUT2D eigenvalue weighted by molar-refractivity contribution is -0.154. The molecule has 3 unspecified atom stereocenters. The van der Waals surface area contributed by atoms with E-state index in [1.54, 1.807) is 0 Å². The maximum atomic E-state index is 12.6. The standard InChI is InChI=1S/C43H74NO9P/c1-3-5-7-9-11-13-15-17-19-20-21-22-24-26-28-30-32-34-36-50-37-40(38-51-54(48,49)52-39-41(44)43(46)47)53-42(45)35-33-31-29-27-25-23-18-16-14-12-10-8-6-4-2/h5,7,10-13,16-19,21-22,40-41H,3-4,6,8-9,14-15,20,23-39,44H2,1-2H3,(H,46,47)(H,48,49)/b7-5-,12-10-,13-11-,18-16-,19-17-,22-21-. The highest BCUT2D eigenvalue weighted by Crippen LogP contribution is 2.43. The van der Waals surface area contributed by atoms with Crippen molar-refractivity contribution < 1.29 is 42.7 Å². The summed E-state index contributed by atoms with van der Waals surface area (Å²) in [6.07, 6.45) is 46.6. The van der Waals surface area contributed by atoms with Gasteiger partial charge in [0.25, 0.3) is 0 Å². The quantitative estimate of drug-likeness (QED) is 0.0239. The predicted octanol–water partition coefficient (Wildman–Crippen LogP) is 11.0. The second kappa shape index (κ2) is 38.7. The Hall–Kier alpha value is -2.59. The Bertz CT molecular complexity index is 1130. The van der Waals surface area contributed by atoms with E-state index in [1.165, 1.54) is 12.8 Å². The highest BCUT2D eigenvalue weighted by molar-refractivity contribution is 7.47. The largest absolute Gasteiger partial charge is 0.480 e. The van der Waals surface area contributed by atoms with E-state index in [9.17, 15) is 19.0 Å². The number of nitrogens with two attached hydrogens (primary N) is 1. The molecule has 0 aliphatic rings. The second-order valence-corrected chi connectivity index (χ2v) is 14.8. The zero-order valence-corrected chi connectivity index (χ0v) is 34.4. The molecule has 0 aromatic heterocycles. The van der Waals surface area contributed by atoms with Gasteiger partial charge < -0.3 is 25.2 Å².